The molecule has 0 saturated heterocycles. The maximum absolute atomic E-state index is 11.5. The van der Waals surface area contributed by atoms with Gasteiger partial charge in [-0.2, -0.15) is 0 Å². The first kappa shape index (κ1) is 16.7. The number of hydrogen-bond acceptors (Lipinski definition) is 2. The van der Waals surface area contributed by atoms with Crippen molar-refractivity contribution in [2.75, 3.05) is 6.61 Å². The summed E-state index contributed by atoms with van der Waals surface area (Å²) in [6, 6.07) is 6.15. The lowest BCUT2D eigenvalue weighted by Crippen LogP contribution is -2.23. The Bertz CT molecular complexity index is 473. The third-order valence-electron chi connectivity index (χ3n) is 3.37. The zero-order valence-corrected chi connectivity index (χ0v) is 14.0. The van der Waals surface area contributed by atoms with Crippen LogP contribution in [0.5, 0.6) is 5.75 Å². The highest BCUT2D eigenvalue weighted by Crippen LogP contribution is 2.39. The number of ether oxygens (including phenoxy) is 1. The van der Waals surface area contributed by atoms with E-state index < -0.39 is 0 Å². The van der Waals surface area contributed by atoms with Gasteiger partial charge >= 0.3 is 0 Å². The normalized spacial score (nSPS) is 12.3. The Balaban J connectivity index is 3.27. The highest BCUT2D eigenvalue weighted by Gasteiger charge is 2.28. The molecular formula is C18H28O2. The highest BCUT2D eigenvalue weighted by molar-refractivity contribution is 5.79. The van der Waals surface area contributed by atoms with E-state index in [1.165, 1.54) is 11.1 Å². The molecule has 0 spiro atoms. The Morgan fingerprint density at radius 2 is 1.65 bits per heavy atom. The molecule has 0 aromatic heterocycles. The first-order valence-corrected chi connectivity index (χ1v) is 7.36. The minimum absolute atomic E-state index is 0.0194. The maximum Gasteiger partial charge on any atom is 0.169 e. The van der Waals surface area contributed by atoms with Crippen molar-refractivity contribution in [3.8, 4) is 5.75 Å². The average molecular weight is 276 g/mol. The van der Waals surface area contributed by atoms with E-state index in [0.29, 0.717) is 6.42 Å². The van der Waals surface area contributed by atoms with Crippen molar-refractivity contribution in [1.82, 2.24) is 0 Å². The lowest BCUT2D eigenvalue weighted by atomic mass is 9.75. The predicted molar refractivity (Wildman–Crippen MR) is 84.6 cm³/mol. The van der Waals surface area contributed by atoms with E-state index in [-0.39, 0.29) is 23.2 Å². The molecule has 0 aliphatic carbocycles. The molecule has 20 heavy (non-hydrogen) atoms. The molecule has 0 bridgehead atoms. The Morgan fingerprint density at radius 3 is 2.10 bits per heavy atom. The van der Waals surface area contributed by atoms with Crippen molar-refractivity contribution in [3.05, 3.63) is 29.3 Å². The van der Waals surface area contributed by atoms with Gasteiger partial charge in [0.25, 0.3) is 0 Å². The Hall–Kier alpha value is -1.31. The van der Waals surface area contributed by atoms with Crippen LogP contribution in [0.3, 0.4) is 0 Å². The monoisotopic (exact) mass is 276 g/mol. The van der Waals surface area contributed by atoms with Crippen molar-refractivity contribution in [2.45, 2.75) is 65.7 Å². The van der Waals surface area contributed by atoms with Crippen LogP contribution in [0.1, 0.15) is 66.0 Å². The molecule has 112 valence electrons. The molecule has 0 N–H and O–H groups in total. The summed E-state index contributed by atoms with van der Waals surface area (Å²) in [6.07, 6.45) is 0.518. The lowest BCUT2D eigenvalue weighted by Gasteiger charge is -2.31. The van der Waals surface area contributed by atoms with Gasteiger partial charge in [-0.3, -0.25) is 4.79 Å². The van der Waals surface area contributed by atoms with E-state index in [0.717, 1.165) is 5.75 Å². The maximum atomic E-state index is 11.5. The second kappa shape index (κ2) is 5.99. The molecule has 2 heteroatoms. The minimum Gasteiger partial charge on any atom is -0.486 e. The molecular weight excluding hydrogens is 248 g/mol. The molecule has 0 radical (unpaired) electrons. The Labute approximate surface area is 123 Å². The smallest absolute Gasteiger partial charge is 0.169 e. The van der Waals surface area contributed by atoms with Gasteiger partial charge in [-0.05, 0) is 22.5 Å². The largest absolute Gasteiger partial charge is 0.486 e. The van der Waals surface area contributed by atoms with Gasteiger partial charge < -0.3 is 4.74 Å². The van der Waals surface area contributed by atoms with Crippen LogP contribution in [0, 0.1) is 0 Å². The molecule has 2 nitrogen and oxygen atoms in total. The number of rotatable bonds is 4. The summed E-state index contributed by atoms with van der Waals surface area (Å²) in [4.78, 5) is 11.5. The number of Topliss-reactive ketones (excluding diaryl/α,β-unsaturated/α-hetero) is 1. The highest BCUT2D eigenvalue weighted by atomic mass is 16.5. The van der Waals surface area contributed by atoms with E-state index in [4.69, 9.17) is 4.74 Å². The molecule has 0 amide bonds. The first-order chi connectivity index (χ1) is 9.07. The van der Waals surface area contributed by atoms with Crippen molar-refractivity contribution >= 4 is 5.78 Å². The summed E-state index contributed by atoms with van der Waals surface area (Å²) < 4.78 is 5.80. The lowest BCUT2D eigenvalue weighted by molar-refractivity contribution is -0.120. The molecule has 0 saturated carbocycles. The molecule has 1 aromatic carbocycles. The van der Waals surface area contributed by atoms with E-state index in [1.807, 2.05) is 19.1 Å². The summed E-state index contributed by atoms with van der Waals surface area (Å²) in [6.45, 7) is 15.2. The fourth-order valence-electron chi connectivity index (χ4n) is 2.31. The Kier molecular flexibility index (Phi) is 5.01. The summed E-state index contributed by atoms with van der Waals surface area (Å²) in [5.41, 5.74) is 2.52. The standard InChI is InChI=1S/C18H28O2/c1-8-13(19)12-20-15-11-9-10-14(17(2,3)4)16(15)18(5,6)7/h9-11H,8,12H2,1-7H3. The zero-order chi connectivity index (χ0) is 15.6. The van der Waals surface area contributed by atoms with Crippen LogP contribution in [0.15, 0.2) is 18.2 Å². The van der Waals surface area contributed by atoms with Crippen LogP contribution in [0.2, 0.25) is 0 Å². The van der Waals surface area contributed by atoms with Crippen molar-refractivity contribution < 1.29 is 9.53 Å². The number of ketones is 1. The van der Waals surface area contributed by atoms with Gasteiger partial charge in [-0.25, -0.2) is 0 Å². The van der Waals surface area contributed by atoms with Crippen LogP contribution < -0.4 is 4.74 Å². The van der Waals surface area contributed by atoms with Crippen molar-refractivity contribution in [1.29, 1.82) is 0 Å². The number of hydrogen-bond donors (Lipinski definition) is 0. The second-order valence-electron chi connectivity index (χ2n) is 7.36. The summed E-state index contributed by atoms with van der Waals surface area (Å²) >= 11 is 0. The van der Waals surface area contributed by atoms with E-state index in [2.05, 4.69) is 47.6 Å². The number of carbonyl (C=O) groups excluding carboxylic acids is 1. The molecule has 0 heterocycles. The quantitative estimate of drug-likeness (QED) is 0.800. The third kappa shape index (κ3) is 4.09. The van der Waals surface area contributed by atoms with Crippen LogP contribution in [0.4, 0.5) is 0 Å². The molecule has 0 aliphatic rings. The predicted octanol–water partition coefficient (Wildman–Crippen LogP) is 4.64. The summed E-state index contributed by atoms with van der Waals surface area (Å²) in [5, 5.41) is 0. The van der Waals surface area contributed by atoms with Crippen molar-refractivity contribution in [3.63, 3.8) is 0 Å². The molecule has 0 atom stereocenters. The van der Waals surface area contributed by atoms with Gasteiger partial charge in [-0.15, -0.1) is 0 Å². The summed E-state index contributed by atoms with van der Waals surface area (Å²) in [5.74, 6) is 0.970. The van der Waals surface area contributed by atoms with Gasteiger partial charge in [0.15, 0.2) is 5.78 Å². The van der Waals surface area contributed by atoms with Gasteiger partial charge in [0.2, 0.25) is 0 Å². The van der Waals surface area contributed by atoms with Crippen LogP contribution in [-0.4, -0.2) is 12.4 Å². The SMILES string of the molecule is CCC(=O)COc1cccc(C(C)(C)C)c1C(C)(C)C. The molecule has 0 aliphatic heterocycles. The van der Waals surface area contributed by atoms with E-state index in [1.54, 1.807) is 0 Å². The molecule has 1 rings (SSSR count). The average Bonchev–Trinajstić information content (AvgIpc) is 2.33. The van der Waals surface area contributed by atoms with Crippen LogP contribution in [0.25, 0.3) is 0 Å². The third-order valence-corrected chi connectivity index (χ3v) is 3.37. The van der Waals surface area contributed by atoms with Crippen LogP contribution >= 0.6 is 0 Å². The fourth-order valence-corrected chi connectivity index (χ4v) is 2.31. The molecule has 0 fully saturated rings. The number of carbonyl (C=O) groups is 1. The zero-order valence-electron chi connectivity index (χ0n) is 14.0. The molecule has 0 unspecified atom stereocenters. The second-order valence-corrected chi connectivity index (χ2v) is 7.36. The minimum atomic E-state index is -0.0194. The Morgan fingerprint density at radius 1 is 1.05 bits per heavy atom. The first-order valence-electron chi connectivity index (χ1n) is 7.36. The van der Waals surface area contributed by atoms with Crippen molar-refractivity contribution in [2.24, 2.45) is 0 Å². The van der Waals surface area contributed by atoms with E-state index >= 15 is 0 Å². The topological polar surface area (TPSA) is 26.3 Å². The fraction of sp³-hybridized carbons (Fsp3) is 0.611. The number of benzene rings is 1. The van der Waals surface area contributed by atoms with Gasteiger partial charge in [0, 0.05) is 12.0 Å². The van der Waals surface area contributed by atoms with Crippen LogP contribution in [-0.2, 0) is 15.6 Å². The van der Waals surface area contributed by atoms with Gasteiger partial charge in [0.1, 0.15) is 12.4 Å². The molecule has 1 aromatic rings. The van der Waals surface area contributed by atoms with E-state index in [9.17, 15) is 4.79 Å². The van der Waals surface area contributed by atoms with Gasteiger partial charge in [-0.1, -0.05) is 60.6 Å². The van der Waals surface area contributed by atoms with Gasteiger partial charge in [0.05, 0.1) is 0 Å². The summed E-state index contributed by atoms with van der Waals surface area (Å²) in [7, 11) is 0.